The zero-order valence-electron chi connectivity index (χ0n) is 23.1. The number of imidazole rings is 1. The normalized spacial score (nSPS) is 18.4. The van der Waals surface area contributed by atoms with Gasteiger partial charge in [-0.05, 0) is 74.7 Å². The van der Waals surface area contributed by atoms with Gasteiger partial charge in [-0.15, -0.1) is 0 Å². The number of aromatic amines is 2. The quantitative estimate of drug-likeness (QED) is 0.303. The summed E-state index contributed by atoms with van der Waals surface area (Å²) in [6, 6.07) is 5.68. The molecule has 1 amide bonds. The number of rotatable bonds is 9. The molecule has 8 nitrogen and oxygen atoms in total. The van der Waals surface area contributed by atoms with Crippen LogP contribution in [0.3, 0.4) is 0 Å². The van der Waals surface area contributed by atoms with Crippen molar-refractivity contribution in [3.05, 3.63) is 46.5 Å². The largest absolute Gasteiger partial charge is 0.493 e. The van der Waals surface area contributed by atoms with E-state index >= 15 is 0 Å². The van der Waals surface area contributed by atoms with Gasteiger partial charge in [-0.1, -0.05) is 33.6 Å². The maximum Gasteiger partial charge on any atom is 0.268 e. The molecule has 3 heterocycles. The SMILES string of the molecule is CCCC[C@H](NC(=O)c1[nH]c2c(c1C)C(=O)CC(C)(C)C2)c1nc2ccc(OCC3CCNCC3)cc2[nH]1. The summed E-state index contributed by atoms with van der Waals surface area (Å²) in [6.45, 7) is 11.0. The van der Waals surface area contributed by atoms with Crippen molar-refractivity contribution in [3.8, 4) is 5.75 Å². The van der Waals surface area contributed by atoms with E-state index in [-0.39, 0.29) is 23.1 Å². The Morgan fingerprint density at radius 2 is 2.00 bits per heavy atom. The first-order chi connectivity index (χ1) is 18.2. The minimum absolute atomic E-state index is 0.108. The molecule has 0 unspecified atom stereocenters. The van der Waals surface area contributed by atoms with Crippen LogP contribution < -0.4 is 15.4 Å². The molecule has 1 aromatic carbocycles. The van der Waals surface area contributed by atoms with Gasteiger partial charge in [-0.25, -0.2) is 4.98 Å². The molecule has 38 heavy (non-hydrogen) atoms. The number of ketones is 1. The topological polar surface area (TPSA) is 112 Å². The third-order valence-corrected chi connectivity index (χ3v) is 8.03. The van der Waals surface area contributed by atoms with Gasteiger partial charge in [0.15, 0.2) is 5.78 Å². The average Bonchev–Trinajstić information content (AvgIpc) is 3.45. The zero-order chi connectivity index (χ0) is 26.9. The van der Waals surface area contributed by atoms with Gasteiger partial charge in [0.1, 0.15) is 17.3 Å². The highest BCUT2D eigenvalue weighted by molar-refractivity contribution is 6.04. The van der Waals surface area contributed by atoms with Crippen LogP contribution in [0.5, 0.6) is 5.75 Å². The number of Topliss-reactive ketones (excluding diaryl/α,β-unsaturated/α-hetero) is 1. The molecule has 204 valence electrons. The molecule has 1 atom stereocenters. The summed E-state index contributed by atoms with van der Waals surface area (Å²) >= 11 is 0. The zero-order valence-corrected chi connectivity index (χ0v) is 23.1. The number of aromatic nitrogens is 3. The number of amides is 1. The minimum Gasteiger partial charge on any atom is -0.493 e. The van der Waals surface area contributed by atoms with Gasteiger partial charge in [0.05, 0.1) is 23.7 Å². The van der Waals surface area contributed by atoms with Crippen LogP contribution in [-0.2, 0) is 6.42 Å². The molecule has 0 bridgehead atoms. The predicted molar refractivity (Wildman–Crippen MR) is 149 cm³/mol. The molecule has 8 heteroatoms. The van der Waals surface area contributed by atoms with Crippen molar-refractivity contribution in [1.82, 2.24) is 25.6 Å². The lowest BCUT2D eigenvalue weighted by molar-refractivity contribution is 0.0908. The summed E-state index contributed by atoms with van der Waals surface area (Å²) < 4.78 is 6.11. The first kappa shape index (κ1) is 26.5. The number of piperidine rings is 1. The molecule has 1 aliphatic carbocycles. The van der Waals surface area contributed by atoms with E-state index < -0.39 is 0 Å². The molecular weight excluding hydrogens is 478 g/mol. The van der Waals surface area contributed by atoms with Crippen molar-refractivity contribution in [2.45, 2.75) is 78.7 Å². The Morgan fingerprint density at radius 3 is 2.76 bits per heavy atom. The van der Waals surface area contributed by atoms with Crippen molar-refractivity contribution in [2.75, 3.05) is 19.7 Å². The molecule has 0 saturated carbocycles. The molecule has 1 saturated heterocycles. The van der Waals surface area contributed by atoms with E-state index in [0.29, 0.717) is 23.6 Å². The average molecular weight is 520 g/mol. The number of nitrogens with zero attached hydrogens (tertiary/aromatic N) is 1. The van der Waals surface area contributed by atoms with Gasteiger partial charge in [0.2, 0.25) is 0 Å². The minimum atomic E-state index is -0.263. The van der Waals surface area contributed by atoms with E-state index in [1.807, 2.05) is 25.1 Å². The van der Waals surface area contributed by atoms with Gasteiger partial charge in [0, 0.05) is 23.7 Å². The first-order valence-electron chi connectivity index (χ1n) is 14.1. The number of carbonyl (C=O) groups is 2. The summed E-state index contributed by atoms with van der Waals surface area (Å²) in [7, 11) is 0. The fourth-order valence-corrected chi connectivity index (χ4v) is 5.90. The van der Waals surface area contributed by atoms with Crippen molar-refractivity contribution < 1.29 is 14.3 Å². The number of carbonyl (C=O) groups excluding carboxylic acids is 2. The Morgan fingerprint density at radius 1 is 1.21 bits per heavy atom. The molecule has 5 rings (SSSR count). The highest BCUT2D eigenvalue weighted by Gasteiger charge is 2.35. The number of ether oxygens (including phenoxy) is 1. The maximum atomic E-state index is 13.5. The number of nitrogens with one attached hydrogen (secondary N) is 4. The van der Waals surface area contributed by atoms with E-state index in [4.69, 9.17) is 9.72 Å². The number of hydrogen-bond acceptors (Lipinski definition) is 5. The third-order valence-electron chi connectivity index (χ3n) is 8.03. The molecule has 3 aromatic rings. The number of hydrogen-bond donors (Lipinski definition) is 4. The molecule has 1 fully saturated rings. The second kappa shape index (κ2) is 10.9. The van der Waals surface area contributed by atoms with Gasteiger partial charge in [0.25, 0.3) is 5.91 Å². The number of fused-ring (bicyclic) bond motifs is 2. The summed E-state index contributed by atoms with van der Waals surface area (Å²) in [5.74, 6) is 2.07. The highest BCUT2D eigenvalue weighted by atomic mass is 16.5. The molecule has 4 N–H and O–H groups in total. The van der Waals surface area contributed by atoms with Crippen molar-refractivity contribution in [2.24, 2.45) is 11.3 Å². The third kappa shape index (κ3) is 5.65. The van der Waals surface area contributed by atoms with E-state index in [1.54, 1.807) is 0 Å². The summed E-state index contributed by atoms with van der Waals surface area (Å²) in [5.41, 5.74) is 4.44. The van der Waals surface area contributed by atoms with E-state index in [9.17, 15) is 9.59 Å². The Labute approximate surface area is 224 Å². The summed E-state index contributed by atoms with van der Waals surface area (Å²) in [4.78, 5) is 37.9. The molecule has 0 spiro atoms. The van der Waals surface area contributed by atoms with Crippen molar-refractivity contribution in [3.63, 3.8) is 0 Å². The van der Waals surface area contributed by atoms with Gasteiger partial charge in [-0.2, -0.15) is 0 Å². The highest BCUT2D eigenvalue weighted by Crippen LogP contribution is 2.37. The Balaban J connectivity index is 1.34. The smallest absolute Gasteiger partial charge is 0.268 e. The van der Waals surface area contributed by atoms with Crippen LogP contribution in [0.4, 0.5) is 0 Å². The van der Waals surface area contributed by atoms with E-state index in [1.165, 1.54) is 0 Å². The van der Waals surface area contributed by atoms with Gasteiger partial charge >= 0.3 is 0 Å². The van der Waals surface area contributed by atoms with Gasteiger partial charge < -0.3 is 25.3 Å². The Bertz CT molecular complexity index is 1310. The Hall–Kier alpha value is -3.13. The standard InChI is InChI=1S/C30H41N5O3/c1-5-6-7-22(35-29(37)27-18(2)26-24(32-27)15-30(3,4)16-25(26)36)28-33-21-9-8-20(14-23(21)34-28)38-17-19-10-12-31-13-11-19/h8-9,14,19,22,31-32H,5-7,10-13,15-17H2,1-4H3,(H,33,34)(H,35,37)/t22-/m0/s1. The van der Waals surface area contributed by atoms with E-state index in [0.717, 1.165) is 92.1 Å². The van der Waals surface area contributed by atoms with Gasteiger partial charge in [-0.3, -0.25) is 9.59 Å². The fourth-order valence-electron chi connectivity index (χ4n) is 5.90. The number of H-pyrrole nitrogens is 2. The monoisotopic (exact) mass is 519 g/mol. The number of unbranched alkanes of at least 4 members (excludes halogenated alkanes) is 1. The second-order valence-corrected chi connectivity index (χ2v) is 11.9. The first-order valence-corrected chi connectivity index (χ1v) is 14.1. The summed E-state index contributed by atoms with van der Waals surface area (Å²) in [6.07, 6.45) is 6.29. The van der Waals surface area contributed by atoms with Crippen LogP contribution in [0.25, 0.3) is 11.0 Å². The molecule has 2 aromatic heterocycles. The molecule has 2 aliphatic rings. The van der Waals surface area contributed by atoms with Crippen LogP contribution in [0.1, 0.15) is 103 Å². The lowest BCUT2D eigenvalue weighted by atomic mass is 9.75. The van der Waals surface area contributed by atoms with E-state index in [2.05, 4.69) is 41.4 Å². The van der Waals surface area contributed by atoms with Crippen LogP contribution in [0.2, 0.25) is 0 Å². The number of benzene rings is 1. The predicted octanol–water partition coefficient (Wildman–Crippen LogP) is 5.39. The summed E-state index contributed by atoms with van der Waals surface area (Å²) in [5, 5.41) is 6.59. The van der Waals surface area contributed by atoms with Crippen molar-refractivity contribution >= 4 is 22.7 Å². The van der Waals surface area contributed by atoms with Crippen LogP contribution in [0.15, 0.2) is 18.2 Å². The maximum absolute atomic E-state index is 13.5. The molecule has 0 radical (unpaired) electrons. The molecular formula is C30H41N5O3. The second-order valence-electron chi connectivity index (χ2n) is 11.9. The fraction of sp³-hybridized carbons (Fsp3) is 0.567. The Kier molecular flexibility index (Phi) is 7.61. The lowest BCUT2D eigenvalue weighted by Gasteiger charge is -2.28. The van der Waals surface area contributed by atoms with Crippen LogP contribution in [0, 0.1) is 18.3 Å². The van der Waals surface area contributed by atoms with Crippen LogP contribution >= 0.6 is 0 Å². The van der Waals surface area contributed by atoms with Crippen molar-refractivity contribution in [1.29, 1.82) is 0 Å². The lowest BCUT2D eigenvalue weighted by Crippen LogP contribution is -2.30. The molecule has 1 aliphatic heterocycles. The van der Waals surface area contributed by atoms with Crippen LogP contribution in [-0.4, -0.2) is 46.3 Å².